The van der Waals surface area contributed by atoms with E-state index in [1.807, 2.05) is 81.4 Å². The molecule has 5 nitrogen and oxygen atoms in total. The summed E-state index contributed by atoms with van der Waals surface area (Å²) in [6.45, 7) is 5.98. The summed E-state index contributed by atoms with van der Waals surface area (Å²) in [5, 5.41) is 3.60. The number of carbonyl (C=O) groups excluding carboxylic acids is 1. The van der Waals surface area contributed by atoms with Crippen LogP contribution in [-0.2, 0) is 4.79 Å². The Hall–Kier alpha value is -4.09. The third-order valence-electron chi connectivity index (χ3n) is 5.72. The number of nitrogens with zero attached hydrogens (tertiary/aromatic N) is 1. The van der Waals surface area contributed by atoms with Crippen molar-refractivity contribution >= 4 is 40.4 Å². The summed E-state index contributed by atoms with van der Waals surface area (Å²) in [6.07, 6.45) is 3.09. The topological polar surface area (TPSA) is 68.3 Å². The van der Waals surface area contributed by atoms with Crippen LogP contribution in [0.3, 0.4) is 0 Å². The van der Waals surface area contributed by atoms with E-state index >= 15 is 0 Å². The summed E-state index contributed by atoms with van der Waals surface area (Å²) in [5.74, 6) is 1.53. The van der Waals surface area contributed by atoms with Crippen molar-refractivity contribution in [3.8, 4) is 22.8 Å². The molecule has 0 saturated heterocycles. The lowest BCUT2D eigenvalue weighted by molar-refractivity contribution is -0.111. The molecule has 2 aromatic heterocycles. The second kappa shape index (κ2) is 9.28. The molecule has 2 heterocycles. The van der Waals surface area contributed by atoms with Crippen LogP contribution in [0.15, 0.2) is 81.6 Å². The summed E-state index contributed by atoms with van der Waals surface area (Å²) >= 11 is 5.95. The first-order valence-electron chi connectivity index (χ1n) is 11.2. The number of hydrogen-bond donors (Lipinski definition) is 1. The molecule has 0 aliphatic carbocycles. The molecule has 0 bridgehead atoms. The molecular weight excluding hydrogens is 460 g/mol. The van der Waals surface area contributed by atoms with Gasteiger partial charge in [-0.15, -0.1) is 0 Å². The number of benzene rings is 3. The van der Waals surface area contributed by atoms with Crippen molar-refractivity contribution in [2.45, 2.75) is 20.8 Å². The van der Waals surface area contributed by atoms with Crippen LogP contribution in [-0.4, -0.2) is 10.9 Å². The van der Waals surface area contributed by atoms with E-state index in [2.05, 4.69) is 16.4 Å². The summed E-state index contributed by atoms with van der Waals surface area (Å²) < 4.78 is 11.9. The van der Waals surface area contributed by atoms with Crippen LogP contribution < -0.4 is 5.32 Å². The van der Waals surface area contributed by atoms with Gasteiger partial charge in [0, 0.05) is 27.9 Å². The van der Waals surface area contributed by atoms with E-state index in [0.29, 0.717) is 28.1 Å². The van der Waals surface area contributed by atoms with Gasteiger partial charge in [-0.1, -0.05) is 23.7 Å². The Labute approximate surface area is 208 Å². The van der Waals surface area contributed by atoms with Gasteiger partial charge in [0.05, 0.1) is 0 Å². The zero-order chi connectivity index (χ0) is 24.5. The SMILES string of the molecule is Cc1cc(C)c2oc(-c3ccc(C)c(NC(=O)/C=C/c4ccc(-c5ccc(Cl)cc5)o4)c3)nc2c1. The first kappa shape index (κ1) is 22.7. The second-order valence-electron chi connectivity index (χ2n) is 8.51. The molecule has 5 rings (SSSR count). The summed E-state index contributed by atoms with van der Waals surface area (Å²) in [7, 11) is 0. The fourth-order valence-electron chi connectivity index (χ4n) is 3.93. The van der Waals surface area contributed by atoms with Crippen LogP contribution in [0.25, 0.3) is 40.0 Å². The molecule has 0 atom stereocenters. The lowest BCUT2D eigenvalue weighted by atomic mass is 10.1. The lowest BCUT2D eigenvalue weighted by Crippen LogP contribution is -2.09. The van der Waals surface area contributed by atoms with E-state index in [1.54, 1.807) is 6.08 Å². The van der Waals surface area contributed by atoms with E-state index in [-0.39, 0.29) is 5.91 Å². The van der Waals surface area contributed by atoms with Gasteiger partial charge in [-0.25, -0.2) is 4.98 Å². The maximum absolute atomic E-state index is 12.6. The van der Waals surface area contributed by atoms with Crippen molar-refractivity contribution in [1.82, 2.24) is 4.98 Å². The largest absolute Gasteiger partial charge is 0.457 e. The zero-order valence-corrected chi connectivity index (χ0v) is 20.3. The molecule has 0 aliphatic heterocycles. The summed E-state index contributed by atoms with van der Waals surface area (Å²) in [6, 6.07) is 20.9. The number of hydrogen-bond acceptors (Lipinski definition) is 4. The number of anilines is 1. The van der Waals surface area contributed by atoms with Crippen LogP contribution in [0.4, 0.5) is 5.69 Å². The maximum atomic E-state index is 12.6. The van der Waals surface area contributed by atoms with Gasteiger partial charge >= 0.3 is 0 Å². The summed E-state index contributed by atoms with van der Waals surface area (Å²) in [4.78, 5) is 17.3. The standard InChI is InChI=1S/C29H23ClN2O3/c1-17-14-19(3)28-25(15-17)32-29(35-28)21-5-4-18(2)24(16-21)31-27(33)13-11-23-10-12-26(34-23)20-6-8-22(30)9-7-20/h4-16H,1-3H3,(H,31,33)/b13-11+. The molecule has 0 spiro atoms. The molecule has 0 aliphatic rings. The highest BCUT2D eigenvalue weighted by molar-refractivity contribution is 6.30. The molecule has 0 fully saturated rings. The normalized spacial score (nSPS) is 11.4. The number of furan rings is 1. The predicted molar refractivity (Wildman–Crippen MR) is 140 cm³/mol. The Balaban J connectivity index is 1.33. The van der Waals surface area contributed by atoms with Crippen molar-refractivity contribution in [3.05, 3.63) is 100 Å². The highest BCUT2D eigenvalue weighted by Crippen LogP contribution is 2.30. The van der Waals surface area contributed by atoms with Crippen LogP contribution in [0, 0.1) is 20.8 Å². The molecule has 6 heteroatoms. The van der Waals surface area contributed by atoms with Gasteiger partial charge < -0.3 is 14.2 Å². The molecular formula is C29H23ClN2O3. The Morgan fingerprint density at radius 2 is 1.66 bits per heavy atom. The van der Waals surface area contributed by atoms with Crippen LogP contribution in [0.2, 0.25) is 5.02 Å². The molecule has 5 aromatic rings. The first-order valence-corrected chi connectivity index (χ1v) is 11.6. The van der Waals surface area contributed by atoms with E-state index < -0.39 is 0 Å². The van der Waals surface area contributed by atoms with Crippen LogP contribution in [0.5, 0.6) is 0 Å². The fourth-order valence-corrected chi connectivity index (χ4v) is 4.06. The zero-order valence-electron chi connectivity index (χ0n) is 19.6. The monoisotopic (exact) mass is 482 g/mol. The molecule has 0 saturated carbocycles. The molecule has 1 amide bonds. The summed E-state index contributed by atoms with van der Waals surface area (Å²) in [5.41, 5.74) is 7.10. The maximum Gasteiger partial charge on any atom is 0.248 e. The Bertz CT molecular complexity index is 1580. The quantitative estimate of drug-likeness (QED) is 0.258. The minimum atomic E-state index is -0.265. The van der Waals surface area contributed by atoms with Crippen molar-refractivity contribution in [3.63, 3.8) is 0 Å². The van der Waals surface area contributed by atoms with Gasteiger partial charge in [0.2, 0.25) is 11.8 Å². The number of fused-ring (bicyclic) bond motifs is 1. The number of oxazole rings is 1. The highest BCUT2D eigenvalue weighted by atomic mass is 35.5. The van der Waals surface area contributed by atoms with Crippen molar-refractivity contribution in [2.75, 3.05) is 5.32 Å². The van der Waals surface area contributed by atoms with Gasteiger partial charge in [0.25, 0.3) is 0 Å². The number of aromatic nitrogens is 1. The number of nitrogens with one attached hydrogen (secondary N) is 1. The van der Waals surface area contributed by atoms with Gasteiger partial charge in [-0.3, -0.25) is 4.79 Å². The van der Waals surface area contributed by atoms with Gasteiger partial charge in [0.1, 0.15) is 17.0 Å². The predicted octanol–water partition coefficient (Wildman–Crippen LogP) is 7.99. The Morgan fingerprint density at radius 1 is 0.886 bits per heavy atom. The van der Waals surface area contributed by atoms with Crippen LogP contribution in [0.1, 0.15) is 22.5 Å². The van der Waals surface area contributed by atoms with E-state index in [1.165, 1.54) is 6.08 Å². The number of amides is 1. The second-order valence-corrected chi connectivity index (χ2v) is 8.95. The van der Waals surface area contributed by atoms with Crippen molar-refractivity contribution in [2.24, 2.45) is 0 Å². The number of halogens is 1. The average Bonchev–Trinajstić information content (AvgIpc) is 3.47. The minimum absolute atomic E-state index is 0.265. The van der Waals surface area contributed by atoms with Crippen molar-refractivity contribution < 1.29 is 13.6 Å². The smallest absolute Gasteiger partial charge is 0.248 e. The van der Waals surface area contributed by atoms with Gasteiger partial charge in [-0.2, -0.15) is 0 Å². The van der Waals surface area contributed by atoms with Crippen molar-refractivity contribution in [1.29, 1.82) is 0 Å². The van der Waals surface area contributed by atoms with E-state index in [4.69, 9.17) is 20.4 Å². The third-order valence-corrected chi connectivity index (χ3v) is 5.97. The highest BCUT2D eigenvalue weighted by Gasteiger charge is 2.13. The molecule has 1 N–H and O–H groups in total. The third kappa shape index (κ3) is 4.91. The Kier molecular flexibility index (Phi) is 6.01. The van der Waals surface area contributed by atoms with E-state index in [9.17, 15) is 4.79 Å². The molecule has 35 heavy (non-hydrogen) atoms. The number of carbonyl (C=O) groups is 1. The first-order chi connectivity index (χ1) is 16.9. The Morgan fingerprint density at radius 3 is 2.46 bits per heavy atom. The number of aryl methyl sites for hydroxylation is 3. The van der Waals surface area contributed by atoms with Gasteiger partial charge in [0.15, 0.2) is 5.58 Å². The number of rotatable bonds is 5. The fraction of sp³-hybridized carbons (Fsp3) is 0.103. The average molecular weight is 483 g/mol. The molecule has 0 radical (unpaired) electrons. The van der Waals surface area contributed by atoms with Gasteiger partial charge in [-0.05, 0) is 98.1 Å². The minimum Gasteiger partial charge on any atom is -0.457 e. The lowest BCUT2D eigenvalue weighted by Gasteiger charge is -2.08. The molecule has 174 valence electrons. The molecule has 0 unspecified atom stereocenters. The van der Waals surface area contributed by atoms with Crippen LogP contribution >= 0.6 is 11.6 Å². The van der Waals surface area contributed by atoms with E-state index in [0.717, 1.165) is 38.9 Å². The molecule has 3 aromatic carbocycles.